The van der Waals surface area contributed by atoms with Crippen LogP contribution in [0, 0.1) is 0 Å². The van der Waals surface area contributed by atoms with Crippen molar-refractivity contribution in [1.29, 1.82) is 0 Å². The Labute approximate surface area is 206 Å². The Bertz CT molecular complexity index is 1140. The molecular formula is C23H35N6O3SSi. The number of imidazole rings is 1. The average Bonchev–Trinajstić information content (AvgIpc) is 3.43. The maximum Gasteiger partial charge on any atom is 0.222 e. The Balaban J connectivity index is 1.80. The summed E-state index contributed by atoms with van der Waals surface area (Å²) in [6.45, 7) is 17.3. The molecule has 1 aliphatic rings. The maximum atomic E-state index is 6.89. The van der Waals surface area contributed by atoms with Gasteiger partial charge in [-0.1, -0.05) is 13.1 Å². The largest absolute Gasteiger partial charge is 0.373 e. The number of nitrogen functional groups attached to an aromatic ring is 1. The molecule has 185 valence electrons. The van der Waals surface area contributed by atoms with Gasteiger partial charge in [0.15, 0.2) is 5.65 Å². The SMILES string of the molecule is C[Si](C)[C@@]1(n2cnc3c(-c4nccs4)nc(N)nc32)C[C@H](OC(C)(C)C)[C@@H](COC(C)(C)C)O1. The van der Waals surface area contributed by atoms with Gasteiger partial charge in [-0.05, 0) is 41.5 Å². The van der Waals surface area contributed by atoms with E-state index >= 15 is 0 Å². The predicted molar refractivity (Wildman–Crippen MR) is 136 cm³/mol. The van der Waals surface area contributed by atoms with Gasteiger partial charge < -0.3 is 19.9 Å². The van der Waals surface area contributed by atoms with E-state index in [1.807, 2.05) is 30.7 Å². The van der Waals surface area contributed by atoms with Crippen LogP contribution in [0.2, 0.25) is 13.1 Å². The first kappa shape index (κ1) is 25.2. The third kappa shape index (κ3) is 5.03. The number of nitrogens with zero attached hydrogens (tertiary/aromatic N) is 5. The minimum Gasteiger partial charge on any atom is -0.373 e. The summed E-state index contributed by atoms with van der Waals surface area (Å²) < 4.78 is 21.6. The van der Waals surface area contributed by atoms with Crippen LogP contribution in [0.3, 0.4) is 0 Å². The fourth-order valence-corrected chi connectivity index (χ4v) is 6.48. The molecule has 1 aliphatic heterocycles. The van der Waals surface area contributed by atoms with Gasteiger partial charge >= 0.3 is 0 Å². The number of nitrogens with two attached hydrogens (primary N) is 1. The first-order valence-electron chi connectivity index (χ1n) is 11.5. The minimum absolute atomic E-state index is 0.141. The van der Waals surface area contributed by atoms with Crippen molar-refractivity contribution in [1.82, 2.24) is 24.5 Å². The number of fused-ring (bicyclic) bond motifs is 1. The second-order valence-electron chi connectivity index (χ2n) is 10.9. The lowest BCUT2D eigenvalue weighted by Gasteiger charge is -2.34. The van der Waals surface area contributed by atoms with E-state index in [1.54, 1.807) is 12.5 Å². The Morgan fingerprint density at radius 3 is 2.50 bits per heavy atom. The van der Waals surface area contributed by atoms with Crippen LogP contribution < -0.4 is 5.73 Å². The van der Waals surface area contributed by atoms with E-state index in [0.717, 1.165) is 5.01 Å². The Hall–Kier alpha value is -1.92. The molecule has 0 aromatic carbocycles. The van der Waals surface area contributed by atoms with E-state index in [0.29, 0.717) is 29.9 Å². The fourth-order valence-electron chi connectivity index (χ4n) is 4.21. The molecule has 0 spiro atoms. The van der Waals surface area contributed by atoms with Crippen molar-refractivity contribution >= 4 is 37.2 Å². The van der Waals surface area contributed by atoms with Crippen LogP contribution in [0.5, 0.6) is 0 Å². The molecule has 34 heavy (non-hydrogen) atoms. The van der Waals surface area contributed by atoms with Crippen molar-refractivity contribution in [3.05, 3.63) is 17.9 Å². The number of rotatable bonds is 6. The summed E-state index contributed by atoms with van der Waals surface area (Å²) in [7, 11) is -1.08. The van der Waals surface area contributed by atoms with Gasteiger partial charge in [-0.3, -0.25) is 4.57 Å². The number of hydrogen-bond acceptors (Lipinski definition) is 9. The number of thiazole rings is 1. The van der Waals surface area contributed by atoms with Gasteiger partial charge in [-0.2, -0.15) is 4.98 Å². The smallest absolute Gasteiger partial charge is 0.222 e. The molecule has 4 rings (SSSR count). The maximum absolute atomic E-state index is 6.89. The van der Waals surface area contributed by atoms with Crippen LogP contribution in [0.25, 0.3) is 21.9 Å². The summed E-state index contributed by atoms with van der Waals surface area (Å²) >= 11 is 1.49. The zero-order chi connectivity index (χ0) is 24.9. The van der Waals surface area contributed by atoms with Gasteiger partial charge in [0.2, 0.25) is 5.95 Å². The highest BCUT2D eigenvalue weighted by Gasteiger charge is 2.52. The van der Waals surface area contributed by atoms with E-state index in [4.69, 9.17) is 24.9 Å². The lowest BCUT2D eigenvalue weighted by atomic mass is 10.1. The number of ether oxygens (including phenoxy) is 3. The molecule has 0 amide bonds. The highest BCUT2D eigenvalue weighted by Crippen LogP contribution is 2.43. The van der Waals surface area contributed by atoms with Gasteiger partial charge in [-0.15, -0.1) is 11.3 Å². The summed E-state index contributed by atoms with van der Waals surface area (Å²) in [6, 6.07) is 0. The van der Waals surface area contributed by atoms with Gasteiger partial charge in [0.25, 0.3) is 0 Å². The van der Waals surface area contributed by atoms with E-state index in [1.165, 1.54) is 11.3 Å². The van der Waals surface area contributed by atoms with Crippen LogP contribution in [0.15, 0.2) is 17.9 Å². The fraction of sp³-hybridized carbons (Fsp3) is 0.652. The van der Waals surface area contributed by atoms with Gasteiger partial charge in [-0.25, -0.2) is 15.0 Å². The Morgan fingerprint density at radius 1 is 1.18 bits per heavy atom. The molecule has 3 aromatic heterocycles. The number of aromatic nitrogens is 5. The molecular weight excluding hydrogens is 468 g/mol. The summed E-state index contributed by atoms with van der Waals surface area (Å²) in [6.07, 6.45) is 3.85. The topological polar surface area (TPSA) is 110 Å². The third-order valence-corrected chi connectivity index (χ3v) is 8.55. The standard InChI is InChI=1S/C23H35N6O3SSi/c1-21(2,3)30-12-15-14(31-22(4,5)6)11-23(32-15,34(7)8)29-13-26-16-17(19-25-9-10-33-19)27-20(24)28-18(16)29/h9-10,13-15H,11-12H2,1-8H3,(H2,24,27,28)/t14-,15+,23+/m0/s1. The van der Waals surface area contributed by atoms with Crippen molar-refractivity contribution in [2.45, 2.75) is 89.8 Å². The van der Waals surface area contributed by atoms with Crippen LogP contribution in [0.4, 0.5) is 5.95 Å². The average molecular weight is 504 g/mol. The Kier molecular flexibility index (Phi) is 6.62. The van der Waals surface area contributed by atoms with E-state index < -0.39 is 14.1 Å². The van der Waals surface area contributed by atoms with Crippen LogP contribution in [0.1, 0.15) is 48.0 Å². The molecule has 9 nitrogen and oxygen atoms in total. The van der Waals surface area contributed by atoms with E-state index in [9.17, 15) is 0 Å². The molecule has 1 fully saturated rings. The zero-order valence-corrected chi connectivity index (χ0v) is 23.1. The van der Waals surface area contributed by atoms with E-state index in [2.05, 4.69) is 48.8 Å². The molecule has 3 atom stereocenters. The van der Waals surface area contributed by atoms with Crippen LogP contribution in [-0.4, -0.2) is 63.3 Å². The first-order valence-corrected chi connectivity index (χ1v) is 14.9. The minimum atomic E-state index is -1.08. The Morgan fingerprint density at radius 2 is 1.91 bits per heavy atom. The summed E-state index contributed by atoms with van der Waals surface area (Å²) in [5.74, 6) is 0.184. The predicted octanol–water partition coefficient (Wildman–Crippen LogP) is 4.27. The molecule has 4 heterocycles. The van der Waals surface area contributed by atoms with Crippen LogP contribution in [-0.2, 0) is 19.6 Å². The lowest BCUT2D eigenvalue weighted by molar-refractivity contribution is -0.139. The van der Waals surface area contributed by atoms with Crippen molar-refractivity contribution in [2.24, 2.45) is 0 Å². The molecule has 1 saturated heterocycles. The van der Waals surface area contributed by atoms with Gasteiger partial charge in [0.05, 0.1) is 30.2 Å². The normalized spacial score (nSPS) is 23.9. The quantitative estimate of drug-likeness (QED) is 0.497. The molecule has 0 unspecified atom stereocenters. The van der Waals surface area contributed by atoms with Crippen molar-refractivity contribution in [2.75, 3.05) is 12.3 Å². The van der Waals surface area contributed by atoms with E-state index in [-0.39, 0.29) is 29.4 Å². The first-order chi connectivity index (χ1) is 15.8. The third-order valence-electron chi connectivity index (χ3n) is 5.64. The molecule has 0 saturated carbocycles. The highest BCUT2D eigenvalue weighted by atomic mass is 32.1. The molecule has 1 radical (unpaired) electrons. The van der Waals surface area contributed by atoms with Crippen LogP contribution >= 0.6 is 11.3 Å². The molecule has 2 N–H and O–H groups in total. The molecule has 0 bridgehead atoms. The van der Waals surface area contributed by atoms with Gasteiger partial charge in [0, 0.05) is 18.0 Å². The zero-order valence-electron chi connectivity index (χ0n) is 21.2. The molecule has 3 aromatic rings. The molecule has 0 aliphatic carbocycles. The highest BCUT2D eigenvalue weighted by molar-refractivity contribution is 7.13. The van der Waals surface area contributed by atoms with Crippen molar-refractivity contribution < 1.29 is 14.2 Å². The van der Waals surface area contributed by atoms with Crippen molar-refractivity contribution in [3.8, 4) is 10.7 Å². The number of anilines is 1. The molecule has 11 heteroatoms. The summed E-state index contributed by atoms with van der Waals surface area (Å²) in [5.41, 5.74) is 7.50. The summed E-state index contributed by atoms with van der Waals surface area (Å²) in [4.78, 5) is 18.2. The summed E-state index contributed by atoms with van der Waals surface area (Å²) in [5, 5.41) is 2.03. The van der Waals surface area contributed by atoms with Crippen molar-refractivity contribution in [3.63, 3.8) is 0 Å². The second kappa shape index (κ2) is 8.94. The van der Waals surface area contributed by atoms with Gasteiger partial charge in [0.1, 0.15) is 36.5 Å². The second-order valence-corrected chi connectivity index (χ2v) is 14.6. The number of hydrogen-bond donors (Lipinski definition) is 1. The lowest BCUT2D eigenvalue weighted by Crippen LogP contribution is -2.45. The monoisotopic (exact) mass is 503 g/mol.